The number of carbonyl (C=O) groups excluding carboxylic acids is 2. The van der Waals surface area contributed by atoms with Crippen LogP contribution in [0.25, 0.3) is 0 Å². The van der Waals surface area contributed by atoms with E-state index < -0.39 is 0 Å². The van der Waals surface area contributed by atoms with Crippen LogP contribution in [-0.4, -0.2) is 12.3 Å². The molecule has 2 rings (SSSR count). The lowest BCUT2D eigenvalue weighted by atomic mass is 9.89. The summed E-state index contributed by atoms with van der Waals surface area (Å²) in [5.41, 5.74) is 0.527. The summed E-state index contributed by atoms with van der Waals surface area (Å²) in [6.45, 7) is 0. The van der Waals surface area contributed by atoms with Crippen LogP contribution in [0.4, 0.5) is 0 Å². The molecule has 0 unspecified atom stereocenters. The Morgan fingerprint density at radius 3 is 2.71 bits per heavy atom. The number of aldehydes is 1. The van der Waals surface area contributed by atoms with Crippen molar-refractivity contribution in [2.45, 2.75) is 32.1 Å². The van der Waals surface area contributed by atoms with Crippen LogP contribution in [0.15, 0.2) is 24.3 Å². The summed E-state index contributed by atoms with van der Waals surface area (Å²) in [5.74, 6) is 0.335. The first kappa shape index (κ1) is 11.8. The number of esters is 1. The quantitative estimate of drug-likeness (QED) is 0.457. The molecule has 90 valence electrons. The molecule has 1 aliphatic carbocycles. The average molecular weight is 232 g/mol. The van der Waals surface area contributed by atoms with E-state index in [1.165, 1.54) is 6.42 Å². The molecule has 1 saturated carbocycles. The minimum Gasteiger partial charge on any atom is -0.426 e. The van der Waals surface area contributed by atoms with E-state index in [2.05, 4.69) is 0 Å². The third-order valence-corrected chi connectivity index (χ3v) is 3.15. The molecule has 0 radical (unpaired) electrons. The zero-order chi connectivity index (χ0) is 12.1. The van der Waals surface area contributed by atoms with Gasteiger partial charge in [-0.3, -0.25) is 9.59 Å². The summed E-state index contributed by atoms with van der Waals surface area (Å²) in [6, 6.07) is 6.69. The van der Waals surface area contributed by atoms with Crippen molar-refractivity contribution < 1.29 is 14.3 Å². The third kappa shape index (κ3) is 3.16. The monoisotopic (exact) mass is 232 g/mol. The Kier molecular flexibility index (Phi) is 3.91. The van der Waals surface area contributed by atoms with E-state index >= 15 is 0 Å². The Hall–Kier alpha value is -1.64. The molecule has 1 aromatic rings. The molecule has 0 aromatic heterocycles. The highest BCUT2D eigenvalue weighted by Crippen LogP contribution is 2.25. The molecule has 0 amide bonds. The number of benzene rings is 1. The standard InChI is InChI=1S/C14H16O3/c15-10-11-5-4-8-13(9-11)17-14(16)12-6-2-1-3-7-12/h4-5,8-10,12H,1-3,6-7H2. The van der Waals surface area contributed by atoms with Crippen molar-refractivity contribution in [3.63, 3.8) is 0 Å². The smallest absolute Gasteiger partial charge is 0.314 e. The largest absolute Gasteiger partial charge is 0.426 e. The number of rotatable bonds is 3. The fraction of sp³-hybridized carbons (Fsp3) is 0.429. The SMILES string of the molecule is O=Cc1cccc(OC(=O)C2CCCCC2)c1. The van der Waals surface area contributed by atoms with E-state index in [0.29, 0.717) is 11.3 Å². The number of ether oxygens (including phenoxy) is 1. The summed E-state index contributed by atoms with van der Waals surface area (Å²) in [6.07, 6.45) is 6.02. The van der Waals surface area contributed by atoms with Crippen molar-refractivity contribution in [2.75, 3.05) is 0 Å². The van der Waals surface area contributed by atoms with Crippen molar-refractivity contribution in [3.8, 4) is 5.75 Å². The van der Waals surface area contributed by atoms with Gasteiger partial charge in [-0.15, -0.1) is 0 Å². The van der Waals surface area contributed by atoms with Gasteiger partial charge >= 0.3 is 5.97 Å². The molecule has 0 saturated heterocycles. The van der Waals surface area contributed by atoms with Crippen LogP contribution in [0.3, 0.4) is 0 Å². The van der Waals surface area contributed by atoms with Crippen LogP contribution in [0.5, 0.6) is 5.75 Å². The second kappa shape index (κ2) is 5.62. The first-order chi connectivity index (χ1) is 8.29. The molecule has 3 nitrogen and oxygen atoms in total. The van der Waals surface area contributed by atoms with Crippen LogP contribution < -0.4 is 4.74 Å². The van der Waals surface area contributed by atoms with Gasteiger partial charge < -0.3 is 4.74 Å². The molecular formula is C14H16O3. The average Bonchev–Trinajstić information content (AvgIpc) is 2.40. The van der Waals surface area contributed by atoms with Crippen LogP contribution >= 0.6 is 0 Å². The summed E-state index contributed by atoms with van der Waals surface area (Å²) in [5, 5.41) is 0. The summed E-state index contributed by atoms with van der Waals surface area (Å²) >= 11 is 0. The Balaban J connectivity index is 1.99. The second-order valence-electron chi connectivity index (χ2n) is 4.45. The highest BCUT2D eigenvalue weighted by atomic mass is 16.5. The van der Waals surface area contributed by atoms with Gasteiger partial charge in [0.25, 0.3) is 0 Å². The molecule has 1 fully saturated rings. The van der Waals surface area contributed by atoms with Gasteiger partial charge in [-0.25, -0.2) is 0 Å². The second-order valence-corrected chi connectivity index (χ2v) is 4.45. The molecule has 17 heavy (non-hydrogen) atoms. The van der Waals surface area contributed by atoms with E-state index in [1.807, 2.05) is 0 Å². The molecule has 0 bridgehead atoms. The molecule has 0 atom stereocenters. The maximum absolute atomic E-state index is 11.9. The van der Waals surface area contributed by atoms with Crippen molar-refractivity contribution in [1.82, 2.24) is 0 Å². The van der Waals surface area contributed by atoms with E-state index in [1.54, 1.807) is 24.3 Å². The van der Waals surface area contributed by atoms with Crippen LogP contribution in [0, 0.1) is 5.92 Å². The minimum atomic E-state index is -0.159. The summed E-state index contributed by atoms with van der Waals surface area (Å²) in [7, 11) is 0. The molecular weight excluding hydrogens is 216 g/mol. The summed E-state index contributed by atoms with van der Waals surface area (Å²) in [4.78, 5) is 22.5. The van der Waals surface area contributed by atoms with Gasteiger partial charge in [-0.2, -0.15) is 0 Å². The van der Waals surface area contributed by atoms with Crippen LogP contribution in [0.1, 0.15) is 42.5 Å². The Labute approximate surface area is 101 Å². The zero-order valence-electron chi connectivity index (χ0n) is 9.72. The van der Waals surface area contributed by atoms with E-state index in [-0.39, 0.29) is 11.9 Å². The highest BCUT2D eigenvalue weighted by molar-refractivity contribution is 5.78. The van der Waals surface area contributed by atoms with Gasteiger partial charge in [-0.05, 0) is 25.0 Å². The van der Waals surface area contributed by atoms with Crippen molar-refractivity contribution in [3.05, 3.63) is 29.8 Å². The Morgan fingerprint density at radius 2 is 2.00 bits per heavy atom. The Bertz CT molecular complexity index is 406. The van der Waals surface area contributed by atoms with Gasteiger partial charge in [0.05, 0.1) is 5.92 Å². The minimum absolute atomic E-state index is 0.0311. The molecule has 0 aliphatic heterocycles. The molecule has 1 aliphatic rings. The molecule has 3 heteroatoms. The van der Waals surface area contributed by atoms with Gasteiger partial charge in [0.1, 0.15) is 12.0 Å². The van der Waals surface area contributed by atoms with Gasteiger partial charge in [0.2, 0.25) is 0 Å². The van der Waals surface area contributed by atoms with Crippen molar-refractivity contribution >= 4 is 12.3 Å². The zero-order valence-corrected chi connectivity index (χ0v) is 9.72. The molecule has 0 heterocycles. The van der Waals surface area contributed by atoms with E-state index in [4.69, 9.17) is 4.74 Å². The van der Waals surface area contributed by atoms with Crippen LogP contribution in [-0.2, 0) is 4.79 Å². The number of carbonyl (C=O) groups is 2. The number of hydrogen-bond acceptors (Lipinski definition) is 3. The van der Waals surface area contributed by atoms with Crippen molar-refractivity contribution in [1.29, 1.82) is 0 Å². The maximum atomic E-state index is 11.9. The molecule has 0 N–H and O–H groups in total. The van der Waals surface area contributed by atoms with Gasteiger partial charge in [-0.1, -0.05) is 31.4 Å². The first-order valence-corrected chi connectivity index (χ1v) is 6.06. The van der Waals surface area contributed by atoms with Gasteiger partial charge in [0.15, 0.2) is 0 Å². The number of hydrogen-bond donors (Lipinski definition) is 0. The van der Waals surface area contributed by atoms with Crippen molar-refractivity contribution in [2.24, 2.45) is 5.92 Å². The molecule has 0 spiro atoms. The van der Waals surface area contributed by atoms with Gasteiger partial charge in [0, 0.05) is 5.56 Å². The Morgan fingerprint density at radius 1 is 1.24 bits per heavy atom. The molecule has 1 aromatic carbocycles. The summed E-state index contributed by atoms with van der Waals surface area (Å²) < 4.78 is 5.30. The predicted octanol–water partition coefficient (Wildman–Crippen LogP) is 2.98. The first-order valence-electron chi connectivity index (χ1n) is 6.06. The normalized spacial score (nSPS) is 16.5. The predicted molar refractivity (Wildman–Crippen MR) is 64.0 cm³/mol. The van der Waals surface area contributed by atoms with E-state index in [0.717, 1.165) is 32.0 Å². The lowest BCUT2D eigenvalue weighted by molar-refractivity contribution is -0.139. The fourth-order valence-electron chi connectivity index (χ4n) is 2.19. The maximum Gasteiger partial charge on any atom is 0.314 e. The third-order valence-electron chi connectivity index (χ3n) is 3.15. The lowest BCUT2D eigenvalue weighted by Gasteiger charge is -2.19. The van der Waals surface area contributed by atoms with E-state index in [9.17, 15) is 9.59 Å². The topological polar surface area (TPSA) is 43.4 Å². The fourth-order valence-corrected chi connectivity index (χ4v) is 2.19. The lowest BCUT2D eigenvalue weighted by Crippen LogP contribution is -2.22. The van der Waals surface area contributed by atoms with Crippen LogP contribution in [0.2, 0.25) is 0 Å². The highest BCUT2D eigenvalue weighted by Gasteiger charge is 2.22.